The minimum Gasteiger partial charge on any atom is -0.508 e. The predicted molar refractivity (Wildman–Crippen MR) is 137 cm³/mol. The van der Waals surface area contributed by atoms with Gasteiger partial charge in [-0.1, -0.05) is 32.4 Å². The highest BCUT2D eigenvalue weighted by molar-refractivity contribution is 7.98. The van der Waals surface area contributed by atoms with E-state index in [4.69, 9.17) is 5.73 Å². The Hall–Kier alpha value is -2.83. The molecule has 1 aromatic rings. The van der Waals surface area contributed by atoms with Crippen molar-refractivity contribution in [2.24, 2.45) is 11.7 Å². The van der Waals surface area contributed by atoms with Crippen molar-refractivity contribution >= 4 is 35.5 Å². The van der Waals surface area contributed by atoms with Crippen LogP contribution in [0.15, 0.2) is 24.3 Å². The number of nitrogens with two attached hydrogens (primary N) is 1. The number of phenolic OH excluding ortho intramolecular Hbond substituents is 1. The van der Waals surface area contributed by atoms with Crippen molar-refractivity contribution in [3.8, 4) is 5.75 Å². The number of carbonyl (C=O) groups is 4. The maximum Gasteiger partial charge on any atom is 0.326 e. The molecule has 11 nitrogen and oxygen atoms in total. The van der Waals surface area contributed by atoms with Gasteiger partial charge in [-0.15, -0.1) is 0 Å². The van der Waals surface area contributed by atoms with Crippen LogP contribution in [0.2, 0.25) is 0 Å². The fraction of sp³-hybridized carbons (Fsp3) is 0.583. The molecule has 0 aliphatic rings. The Kier molecular flexibility index (Phi) is 13.3. The van der Waals surface area contributed by atoms with E-state index in [1.807, 2.05) is 13.2 Å². The summed E-state index contributed by atoms with van der Waals surface area (Å²) in [5.74, 6) is -3.02. The number of aromatic hydroxyl groups is 1. The molecule has 1 rings (SSSR count). The molecule has 36 heavy (non-hydrogen) atoms. The minimum absolute atomic E-state index is 0.0197. The first-order valence-corrected chi connectivity index (χ1v) is 13.1. The molecule has 0 bridgehead atoms. The van der Waals surface area contributed by atoms with Gasteiger partial charge in [0.2, 0.25) is 17.7 Å². The first-order chi connectivity index (χ1) is 16.9. The van der Waals surface area contributed by atoms with Crippen molar-refractivity contribution in [2.45, 2.75) is 70.3 Å². The molecular weight excluding hydrogens is 488 g/mol. The number of benzene rings is 1. The summed E-state index contributed by atoms with van der Waals surface area (Å²) < 4.78 is 0. The first kappa shape index (κ1) is 31.2. The number of amides is 3. The summed E-state index contributed by atoms with van der Waals surface area (Å²) in [5, 5.41) is 36.4. The third kappa shape index (κ3) is 10.0. The number of carbonyl (C=O) groups excluding carboxylic acids is 3. The molecule has 0 aliphatic heterocycles. The summed E-state index contributed by atoms with van der Waals surface area (Å²) >= 11 is 1.46. The van der Waals surface area contributed by atoms with Crippen LogP contribution in [0, 0.1) is 5.92 Å². The second-order valence-corrected chi connectivity index (χ2v) is 9.74. The number of carboxylic acids is 1. The number of rotatable bonds is 15. The molecule has 1 aromatic carbocycles. The lowest BCUT2D eigenvalue weighted by Crippen LogP contribution is -2.59. The lowest BCUT2D eigenvalue weighted by Gasteiger charge is -2.27. The van der Waals surface area contributed by atoms with Crippen LogP contribution in [0.4, 0.5) is 0 Å². The summed E-state index contributed by atoms with van der Waals surface area (Å²) in [6.45, 7) is 4.87. The minimum atomic E-state index is -1.28. The topological polar surface area (TPSA) is 191 Å². The average Bonchev–Trinajstić information content (AvgIpc) is 2.84. The van der Waals surface area contributed by atoms with E-state index in [0.29, 0.717) is 17.7 Å². The van der Waals surface area contributed by atoms with Crippen LogP contribution in [0.25, 0.3) is 0 Å². The normalized spacial score (nSPS) is 16.1. The molecule has 8 N–H and O–H groups in total. The van der Waals surface area contributed by atoms with Crippen molar-refractivity contribution in [2.75, 3.05) is 12.0 Å². The highest BCUT2D eigenvalue weighted by Gasteiger charge is 2.32. The van der Waals surface area contributed by atoms with E-state index in [1.165, 1.54) is 30.8 Å². The smallest absolute Gasteiger partial charge is 0.326 e. The maximum atomic E-state index is 13.2. The predicted octanol–water partition coefficient (Wildman–Crippen LogP) is -0.0190. The summed E-state index contributed by atoms with van der Waals surface area (Å²) in [4.78, 5) is 50.4. The largest absolute Gasteiger partial charge is 0.508 e. The van der Waals surface area contributed by atoms with Crippen LogP contribution >= 0.6 is 11.8 Å². The molecule has 0 saturated heterocycles. The first-order valence-electron chi connectivity index (χ1n) is 11.8. The molecular formula is C24H38N4O7S. The molecule has 0 radical (unpaired) electrons. The van der Waals surface area contributed by atoms with E-state index in [0.717, 1.165) is 0 Å². The van der Waals surface area contributed by atoms with Gasteiger partial charge in [-0.25, -0.2) is 4.79 Å². The summed E-state index contributed by atoms with van der Waals surface area (Å²) in [6.07, 6.45) is 1.46. The highest BCUT2D eigenvalue weighted by Crippen LogP contribution is 2.13. The van der Waals surface area contributed by atoms with Crippen molar-refractivity contribution in [3.05, 3.63) is 29.8 Å². The number of thioether (sulfide) groups is 1. The van der Waals surface area contributed by atoms with E-state index in [9.17, 15) is 34.5 Å². The Morgan fingerprint density at radius 3 is 2.03 bits per heavy atom. The van der Waals surface area contributed by atoms with Gasteiger partial charge in [-0.3, -0.25) is 14.4 Å². The molecule has 0 aliphatic carbocycles. The van der Waals surface area contributed by atoms with Gasteiger partial charge in [0.25, 0.3) is 0 Å². The number of phenols is 1. The quantitative estimate of drug-likeness (QED) is 0.165. The van der Waals surface area contributed by atoms with Gasteiger partial charge in [0.1, 0.15) is 29.9 Å². The molecule has 202 valence electrons. The molecule has 0 spiro atoms. The molecule has 0 aromatic heterocycles. The van der Waals surface area contributed by atoms with E-state index >= 15 is 0 Å². The monoisotopic (exact) mass is 526 g/mol. The lowest BCUT2D eigenvalue weighted by atomic mass is 9.98. The number of aliphatic hydroxyl groups excluding tert-OH is 1. The molecule has 0 saturated carbocycles. The van der Waals surface area contributed by atoms with Gasteiger partial charge in [0.15, 0.2) is 0 Å². The van der Waals surface area contributed by atoms with Crippen molar-refractivity contribution < 1.29 is 34.5 Å². The van der Waals surface area contributed by atoms with Crippen LogP contribution in [-0.2, 0) is 25.6 Å². The SMILES string of the molecule is CCC(C)C(NC(=O)C(CCSC)NC(=O)C(Cc1ccc(O)cc1)NC(=O)C(N)C(C)O)C(=O)O. The van der Waals surface area contributed by atoms with Gasteiger partial charge < -0.3 is 37.0 Å². The average molecular weight is 527 g/mol. The molecule has 6 unspecified atom stereocenters. The summed E-state index contributed by atoms with van der Waals surface area (Å²) in [6, 6.07) is 1.44. The zero-order valence-electron chi connectivity index (χ0n) is 21.1. The third-order valence-electron chi connectivity index (χ3n) is 5.85. The van der Waals surface area contributed by atoms with E-state index < -0.39 is 54.0 Å². The van der Waals surface area contributed by atoms with E-state index in [-0.39, 0.29) is 24.5 Å². The maximum absolute atomic E-state index is 13.2. The number of nitrogens with one attached hydrogen (secondary N) is 3. The molecule has 0 fully saturated rings. The number of hydrogen-bond donors (Lipinski definition) is 7. The van der Waals surface area contributed by atoms with Crippen molar-refractivity contribution in [1.29, 1.82) is 0 Å². The molecule has 0 heterocycles. The zero-order valence-corrected chi connectivity index (χ0v) is 21.9. The number of carboxylic acid groups (broad SMARTS) is 1. The van der Waals surface area contributed by atoms with Crippen molar-refractivity contribution in [1.82, 2.24) is 16.0 Å². The second-order valence-electron chi connectivity index (χ2n) is 8.75. The molecule has 3 amide bonds. The second kappa shape index (κ2) is 15.3. The number of hydrogen-bond acceptors (Lipinski definition) is 8. The van der Waals surface area contributed by atoms with E-state index in [1.54, 1.807) is 19.1 Å². The van der Waals surface area contributed by atoms with Crippen LogP contribution in [0.5, 0.6) is 5.75 Å². The Morgan fingerprint density at radius 2 is 1.53 bits per heavy atom. The lowest BCUT2D eigenvalue weighted by molar-refractivity contribution is -0.143. The van der Waals surface area contributed by atoms with Gasteiger partial charge in [-0.2, -0.15) is 11.8 Å². The Balaban J connectivity index is 3.14. The highest BCUT2D eigenvalue weighted by atomic mass is 32.2. The van der Waals surface area contributed by atoms with Crippen molar-refractivity contribution in [3.63, 3.8) is 0 Å². The molecule has 12 heteroatoms. The Labute approximate surface area is 215 Å². The van der Waals surface area contributed by atoms with Crippen LogP contribution in [0.1, 0.15) is 39.2 Å². The summed E-state index contributed by atoms with van der Waals surface area (Å²) in [5.41, 5.74) is 6.33. The van der Waals surface area contributed by atoms with Crippen LogP contribution in [0.3, 0.4) is 0 Å². The van der Waals surface area contributed by atoms with Gasteiger partial charge in [0, 0.05) is 6.42 Å². The Morgan fingerprint density at radius 1 is 0.972 bits per heavy atom. The van der Waals surface area contributed by atoms with Gasteiger partial charge in [-0.05, 0) is 49.0 Å². The fourth-order valence-electron chi connectivity index (χ4n) is 3.28. The number of aliphatic carboxylic acids is 1. The van der Waals surface area contributed by atoms with Crippen LogP contribution < -0.4 is 21.7 Å². The van der Waals surface area contributed by atoms with Gasteiger partial charge in [0.05, 0.1) is 6.10 Å². The third-order valence-corrected chi connectivity index (χ3v) is 6.50. The fourth-order valence-corrected chi connectivity index (χ4v) is 3.75. The van der Waals surface area contributed by atoms with Gasteiger partial charge >= 0.3 is 5.97 Å². The molecule has 6 atom stereocenters. The van der Waals surface area contributed by atoms with E-state index in [2.05, 4.69) is 16.0 Å². The number of aliphatic hydroxyl groups is 1. The summed E-state index contributed by atoms with van der Waals surface area (Å²) in [7, 11) is 0. The van der Waals surface area contributed by atoms with Crippen LogP contribution in [-0.4, -0.2) is 81.3 Å². The zero-order chi connectivity index (χ0) is 27.4. The Bertz CT molecular complexity index is 882. The standard InChI is InChI=1S/C24H38N4O7S/c1-5-13(2)20(24(34)35)28-21(31)17(10-11-36-4)26-22(32)18(27-23(33)19(25)14(3)29)12-15-6-8-16(30)9-7-15/h6-9,13-14,17-20,29-30H,5,10-12,25H2,1-4H3,(H,26,32)(H,27,33)(H,28,31)(H,34,35).